The zero-order valence-electron chi connectivity index (χ0n) is 8.94. The highest BCUT2D eigenvalue weighted by atomic mass is 35.5. The molecule has 0 atom stereocenters. The molecule has 17 heavy (non-hydrogen) atoms. The van der Waals surface area contributed by atoms with Crippen LogP contribution in [0.2, 0.25) is 5.15 Å². The summed E-state index contributed by atoms with van der Waals surface area (Å²) in [5.41, 5.74) is 0.133. The van der Waals surface area contributed by atoms with Crippen LogP contribution in [0.15, 0.2) is 12.4 Å². The molecule has 6 nitrogen and oxygen atoms in total. The van der Waals surface area contributed by atoms with Gasteiger partial charge in [-0.1, -0.05) is 11.6 Å². The highest BCUT2D eigenvalue weighted by Gasteiger charge is 2.23. The Morgan fingerprint density at radius 3 is 2.71 bits per heavy atom. The second kappa shape index (κ2) is 5.09. The Labute approximate surface area is 103 Å². The van der Waals surface area contributed by atoms with Gasteiger partial charge in [0.05, 0.1) is 18.9 Å². The lowest BCUT2D eigenvalue weighted by molar-refractivity contribution is -0.120. The number of carbonyl (C=O) groups is 2. The summed E-state index contributed by atoms with van der Waals surface area (Å²) in [4.78, 5) is 30.3. The SMILES string of the molecule is O=C(CNC(=O)c1cnc(Cl)cn1)NC1CC1. The molecule has 1 aromatic rings. The summed E-state index contributed by atoms with van der Waals surface area (Å²) in [6.07, 6.45) is 4.57. The molecule has 1 fully saturated rings. The average molecular weight is 255 g/mol. The highest BCUT2D eigenvalue weighted by Crippen LogP contribution is 2.18. The smallest absolute Gasteiger partial charge is 0.271 e. The molecular formula is C10H11ClN4O2. The van der Waals surface area contributed by atoms with Gasteiger partial charge < -0.3 is 10.6 Å². The molecule has 0 spiro atoms. The van der Waals surface area contributed by atoms with Crippen molar-refractivity contribution in [3.05, 3.63) is 23.2 Å². The third-order valence-electron chi connectivity index (χ3n) is 2.20. The summed E-state index contributed by atoms with van der Waals surface area (Å²) in [6.45, 7) is -0.0559. The Morgan fingerprint density at radius 2 is 2.12 bits per heavy atom. The fourth-order valence-corrected chi connectivity index (χ4v) is 1.28. The van der Waals surface area contributed by atoms with Crippen LogP contribution >= 0.6 is 11.6 Å². The molecule has 7 heteroatoms. The minimum Gasteiger partial charge on any atom is -0.352 e. The van der Waals surface area contributed by atoms with Crippen molar-refractivity contribution in [3.63, 3.8) is 0 Å². The highest BCUT2D eigenvalue weighted by molar-refractivity contribution is 6.29. The van der Waals surface area contributed by atoms with Crippen LogP contribution in [-0.2, 0) is 4.79 Å². The molecule has 0 aliphatic heterocycles. The Morgan fingerprint density at radius 1 is 1.35 bits per heavy atom. The monoisotopic (exact) mass is 254 g/mol. The van der Waals surface area contributed by atoms with Crippen molar-refractivity contribution in [3.8, 4) is 0 Å². The second-order valence-corrected chi connectivity index (χ2v) is 4.14. The molecule has 90 valence electrons. The normalized spacial score (nSPS) is 14.2. The zero-order chi connectivity index (χ0) is 12.3. The third-order valence-corrected chi connectivity index (χ3v) is 2.40. The number of carbonyl (C=O) groups excluding carboxylic acids is 2. The van der Waals surface area contributed by atoms with Gasteiger partial charge in [-0.2, -0.15) is 0 Å². The molecule has 1 aliphatic rings. The summed E-state index contributed by atoms with van der Waals surface area (Å²) < 4.78 is 0. The van der Waals surface area contributed by atoms with E-state index in [1.165, 1.54) is 12.4 Å². The third kappa shape index (κ3) is 3.67. The quantitative estimate of drug-likeness (QED) is 0.801. The van der Waals surface area contributed by atoms with E-state index in [4.69, 9.17) is 11.6 Å². The second-order valence-electron chi connectivity index (χ2n) is 3.75. The van der Waals surface area contributed by atoms with E-state index >= 15 is 0 Å². The lowest BCUT2D eigenvalue weighted by Crippen LogP contribution is -2.38. The van der Waals surface area contributed by atoms with Crippen LogP contribution in [0.25, 0.3) is 0 Å². The topological polar surface area (TPSA) is 84.0 Å². The molecule has 2 N–H and O–H groups in total. The lowest BCUT2D eigenvalue weighted by Gasteiger charge is -2.05. The Hall–Kier alpha value is -1.69. The van der Waals surface area contributed by atoms with Crippen LogP contribution in [0.3, 0.4) is 0 Å². The summed E-state index contributed by atoms with van der Waals surface area (Å²) >= 11 is 5.54. The van der Waals surface area contributed by atoms with Gasteiger partial charge in [0, 0.05) is 6.04 Å². The maximum Gasteiger partial charge on any atom is 0.271 e. The summed E-state index contributed by atoms with van der Waals surface area (Å²) in [6, 6.07) is 0.287. The largest absolute Gasteiger partial charge is 0.352 e. The molecular weight excluding hydrogens is 244 g/mol. The number of nitrogens with zero attached hydrogens (tertiary/aromatic N) is 2. The molecule has 1 aliphatic carbocycles. The average Bonchev–Trinajstić information content (AvgIpc) is 3.11. The van der Waals surface area contributed by atoms with Gasteiger partial charge >= 0.3 is 0 Å². The molecule has 1 aromatic heterocycles. The predicted molar refractivity (Wildman–Crippen MR) is 60.5 cm³/mol. The van der Waals surface area contributed by atoms with E-state index in [0.717, 1.165) is 12.8 Å². The van der Waals surface area contributed by atoms with Crippen LogP contribution in [0.5, 0.6) is 0 Å². The Balaban J connectivity index is 1.79. The van der Waals surface area contributed by atoms with E-state index in [1.54, 1.807) is 0 Å². The van der Waals surface area contributed by atoms with Gasteiger partial charge in [0.1, 0.15) is 10.8 Å². The van der Waals surface area contributed by atoms with Crippen LogP contribution in [-0.4, -0.2) is 34.4 Å². The first-order chi connectivity index (χ1) is 8.15. The Bertz CT molecular complexity index is 430. The predicted octanol–water partition coefficient (Wildman–Crippen LogP) is 0.138. The molecule has 0 saturated heterocycles. The van der Waals surface area contributed by atoms with Gasteiger partial charge in [-0.3, -0.25) is 9.59 Å². The van der Waals surface area contributed by atoms with Crippen LogP contribution < -0.4 is 10.6 Å². The fraction of sp³-hybridized carbons (Fsp3) is 0.400. The van der Waals surface area contributed by atoms with Crippen LogP contribution in [0.4, 0.5) is 0 Å². The minimum absolute atomic E-state index is 0.0559. The van der Waals surface area contributed by atoms with Gasteiger partial charge in [0.25, 0.3) is 5.91 Å². The van der Waals surface area contributed by atoms with Crippen molar-refractivity contribution < 1.29 is 9.59 Å². The lowest BCUT2D eigenvalue weighted by atomic mass is 10.4. The van der Waals surface area contributed by atoms with E-state index in [1.807, 2.05) is 0 Å². The molecule has 0 bridgehead atoms. The van der Waals surface area contributed by atoms with E-state index in [9.17, 15) is 9.59 Å². The van der Waals surface area contributed by atoms with E-state index < -0.39 is 5.91 Å². The summed E-state index contributed by atoms with van der Waals surface area (Å²) in [7, 11) is 0. The van der Waals surface area contributed by atoms with E-state index in [-0.39, 0.29) is 29.3 Å². The van der Waals surface area contributed by atoms with E-state index in [2.05, 4.69) is 20.6 Å². The number of aromatic nitrogens is 2. The molecule has 0 unspecified atom stereocenters. The maximum absolute atomic E-state index is 11.5. The van der Waals surface area contributed by atoms with Gasteiger partial charge in [-0.15, -0.1) is 0 Å². The molecule has 2 amide bonds. The first kappa shape index (κ1) is 11.8. The summed E-state index contributed by atoms with van der Waals surface area (Å²) in [5, 5.41) is 5.43. The summed E-state index contributed by atoms with van der Waals surface area (Å²) in [5.74, 6) is -0.636. The number of rotatable bonds is 4. The number of amides is 2. The molecule has 0 radical (unpaired) electrons. The van der Waals surface area contributed by atoms with Gasteiger partial charge in [-0.25, -0.2) is 9.97 Å². The van der Waals surface area contributed by atoms with Crippen LogP contribution in [0, 0.1) is 0 Å². The molecule has 1 saturated carbocycles. The van der Waals surface area contributed by atoms with Gasteiger partial charge in [0.15, 0.2) is 0 Å². The van der Waals surface area contributed by atoms with Crippen molar-refractivity contribution in [1.82, 2.24) is 20.6 Å². The van der Waals surface area contributed by atoms with Crippen molar-refractivity contribution >= 4 is 23.4 Å². The Kier molecular flexibility index (Phi) is 3.53. The number of halogens is 1. The molecule has 1 heterocycles. The molecule has 0 aromatic carbocycles. The minimum atomic E-state index is -0.444. The number of hydrogen-bond donors (Lipinski definition) is 2. The van der Waals surface area contributed by atoms with Crippen molar-refractivity contribution in [2.75, 3.05) is 6.54 Å². The van der Waals surface area contributed by atoms with E-state index in [0.29, 0.717) is 0 Å². The van der Waals surface area contributed by atoms with Crippen molar-refractivity contribution in [1.29, 1.82) is 0 Å². The first-order valence-electron chi connectivity index (χ1n) is 5.20. The number of hydrogen-bond acceptors (Lipinski definition) is 4. The van der Waals surface area contributed by atoms with Gasteiger partial charge in [-0.05, 0) is 12.8 Å². The van der Waals surface area contributed by atoms with Crippen LogP contribution in [0.1, 0.15) is 23.3 Å². The van der Waals surface area contributed by atoms with Crippen molar-refractivity contribution in [2.24, 2.45) is 0 Å². The maximum atomic E-state index is 11.5. The fourth-order valence-electron chi connectivity index (χ4n) is 1.19. The standard InChI is InChI=1S/C10H11ClN4O2/c11-8-4-12-7(3-13-8)10(17)14-5-9(16)15-6-1-2-6/h3-4,6H,1-2,5H2,(H,14,17)(H,15,16). The van der Waals surface area contributed by atoms with Gasteiger partial charge in [0.2, 0.25) is 5.91 Å². The number of nitrogens with one attached hydrogen (secondary N) is 2. The molecule has 2 rings (SSSR count). The van der Waals surface area contributed by atoms with Crippen molar-refractivity contribution in [2.45, 2.75) is 18.9 Å². The first-order valence-corrected chi connectivity index (χ1v) is 5.58. The zero-order valence-corrected chi connectivity index (χ0v) is 9.70.